The number of carbonyl (C=O) groups excluding carboxylic acids is 1. The van der Waals surface area contributed by atoms with E-state index in [1.807, 2.05) is 0 Å². The fraction of sp³-hybridized carbons (Fsp3) is 0.800. The molecule has 0 radical (unpaired) electrons. The zero-order chi connectivity index (χ0) is 9.07. The van der Waals surface area contributed by atoms with Crippen molar-refractivity contribution in [2.45, 2.75) is 17.4 Å². The molecule has 0 N–H and O–H groups in total. The van der Waals surface area contributed by atoms with Crippen LogP contribution in [0.2, 0.25) is 0 Å². The van der Waals surface area contributed by atoms with E-state index in [1.165, 1.54) is 0 Å². The average molecular weight is 235 g/mol. The molecule has 6 heteroatoms. The molecule has 1 atom stereocenters. The lowest BCUT2D eigenvalue weighted by atomic mass is 10.3. The zero-order valence-electron chi connectivity index (χ0n) is 5.61. The minimum Gasteiger partial charge on any atom is -0.468 e. The van der Waals surface area contributed by atoms with E-state index < -0.39 is 23.4 Å². The van der Waals surface area contributed by atoms with E-state index in [1.54, 1.807) is 0 Å². The molecule has 0 aliphatic rings. The van der Waals surface area contributed by atoms with Crippen molar-refractivity contribution < 1.29 is 22.7 Å². The molecule has 0 rings (SSSR count). The van der Waals surface area contributed by atoms with Gasteiger partial charge in [-0.3, -0.25) is 4.79 Å². The molecular formula is C5H6BrF3O2. The van der Waals surface area contributed by atoms with Gasteiger partial charge in [0.05, 0.1) is 13.5 Å². The highest BCUT2D eigenvalue weighted by atomic mass is 79.9. The van der Waals surface area contributed by atoms with Crippen LogP contribution in [0.4, 0.5) is 13.2 Å². The number of esters is 1. The zero-order valence-corrected chi connectivity index (χ0v) is 7.20. The van der Waals surface area contributed by atoms with Crippen molar-refractivity contribution in [1.82, 2.24) is 0 Å². The third-order valence-corrected chi connectivity index (χ3v) is 1.57. The molecule has 0 aromatic carbocycles. The van der Waals surface area contributed by atoms with Crippen LogP contribution in [0.15, 0.2) is 0 Å². The first-order valence-corrected chi connectivity index (χ1v) is 3.57. The monoisotopic (exact) mass is 234 g/mol. The highest BCUT2D eigenvalue weighted by molar-refractivity contribution is 9.10. The van der Waals surface area contributed by atoms with Crippen LogP contribution in [0.5, 0.6) is 0 Å². The molecule has 0 bridgehead atoms. The highest BCUT2D eigenvalue weighted by Gasteiger charge is 2.34. The Hall–Kier alpha value is -0.260. The molecule has 0 heterocycles. The second-order valence-corrected chi connectivity index (χ2v) is 2.92. The molecule has 0 saturated heterocycles. The van der Waals surface area contributed by atoms with E-state index in [-0.39, 0.29) is 0 Å². The van der Waals surface area contributed by atoms with Gasteiger partial charge in [-0.15, -0.1) is 0 Å². The van der Waals surface area contributed by atoms with E-state index >= 15 is 0 Å². The van der Waals surface area contributed by atoms with E-state index in [4.69, 9.17) is 0 Å². The van der Waals surface area contributed by atoms with Gasteiger partial charge in [0.2, 0.25) is 0 Å². The fourth-order valence-corrected chi connectivity index (χ4v) is 0.968. The first-order valence-electron chi connectivity index (χ1n) is 2.65. The standard InChI is InChI=1S/C5H6BrF3O2/c1-11-4(10)3(6)2-5(7,8)9/h3H,2H2,1H3/t3-/m0/s1. The van der Waals surface area contributed by atoms with Gasteiger partial charge in [-0.05, 0) is 0 Å². The average Bonchev–Trinajstić information content (AvgIpc) is 1.82. The Morgan fingerprint density at radius 1 is 1.64 bits per heavy atom. The summed E-state index contributed by atoms with van der Waals surface area (Å²) in [5, 5.41) is 0. The number of ether oxygens (including phenoxy) is 1. The van der Waals surface area contributed by atoms with Crippen LogP contribution in [-0.4, -0.2) is 24.1 Å². The quantitative estimate of drug-likeness (QED) is 0.539. The van der Waals surface area contributed by atoms with Crippen molar-refractivity contribution in [1.29, 1.82) is 0 Å². The van der Waals surface area contributed by atoms with Gasteiger partial charge < -0.3 is 4.74 Å². The number of rotatable bonds is 2. The van der Waals surface area contributed by atoms with Gasteiger partial charge in [-0.2, -0.15) is 13.2 Å². The summed E-state index contributed by atoms with van der Waals surface area (Å²) in [6, 6.07) is 0. The smallest absolute Gasteiger partial charge is 0.390 e. The molecule has 2 nitrogen and oxygen atoms in total. The van der Waals surface area contributed by atoms with Gasteiger partial charge in [0.15, 0.2) is 0 Å². The molecule has 0 amide bonds. The molecule has 0 aromatic rings. The summed E-state index contributed by atoms with van der Waals surface area (Å²) < 4.78 is 38.8. The van der Waals surface area contributed by atoms with E-state index in [9.17, 15) is 18.0 Å². The lowest BCUT2D eigenvalue weighted by Crippen LogP contribution is -2.23. The SMILES string of the molecule is COC(=O)[C@@H](Br)CC(F)(F)F. The molecular weight excluding hydrogens is 229 g/mol. The van der Waals surface area contributed by atoms with Crippen molar-refractivity contribution in [2.24, 2.45) is 0 Å². The van der Waals surface area contributed by atoms with Crippen LogP contribution in [0.1, 0.15) is 6.42 Å². The Labute approximate surface area is 69.8 Å². The molecule has 11 heavy (non-hydrogen) atoms. The van der Waals surface area contributed by atoms with Gasteiger partial charge in [0.25, 0.3) is 0 Å². The van der Waals surface area contributed by atoms with Crippen LogP contribution in [0.25, 0.3) is 0 Å². The fourth-order valence-electron chi connectivity index (χ4n) is 0.414. The molecule has 0 unspecified atom stereocenters. The van der Waals surface area contributed by atoms with Crippen LogP contribution < -0.4 is 0 Å². The normalized spacial score (nSPS) is 14.3. The second kappa shape index (κ2) is 3.94. The summed E-state index contributed by atoms with van der Waals surface area (Å²) in [6.07, 6.45) is -5.55. The van der Waals surface area contributed by atoms with Gasteiger partial charge in [0, 0.05) is 0 Å². The van der Waals surface area contributed by atoms with Gasteiger partial charge in [-0.25, -0.2) is 0 Å². The van der Waals surface area contributed by atoms with Crippen molar-refractivity contribution in [3.63, 3.8) is 0 Å². The Bertz CT molecular complexity index is 145. The van der Waals surface area contributed by atoms with Crippen molar-refractivity contribution in [2.75, 3.05) is 7.11 Å². The maximum absolute atomic E-state index is 11.6. The summed E-state index contributed by atoms with van der Waals surface area (Å²) in [5.41, 5.74) is 0. The number of carbonyl (C=O) groups is 1. The molecule has 0 spiro atoms. The minimum atomic E-state index is -4.34. The van der Waals surface area contributed by atoms with Crippen LogP contribution in [0, 0.1) is 0 Å². The predicted octanol–water partition coefficient (Wildman–Crippen LogP) is 1.88. The number of methoxy groups -OCH3 is 1. The highest BCUT2D eigenvalue weighted by Crippen LogP contribution is 2.25. The van der Waals surface area contributed by atoms with Gasteiger partial charge in [-0.1, -0.05) is 15.9 Å². The van der Waals surface area contributed by atoms with Crippen molar-refractivity contribution in [3.8, 4) is 0 Å². The Morgan fingerprint density at radius 3 is 2.36 bits per heavy atom. The van der Waals surface area contributed by atoms with E-state index in [0.29, 0.717) is 0 Å². The Morgan fingerprint density at radius 2 is 2.09 bits per heavy atom. The number of alkyl halides is 4. The lowest BCUT2D eigenvalue weighted by molar-refractivity contribution is -0.153. The summed E-state index contributed by atoms with van der Waals surface area (Å²) in [7, 11) is 1.03. The molecule has 0 fully saturated rings. The molecule has 66 valence electrons. The molecule has 0 aliphatic heterocycles. The molecule has 0 saturated carbocycles. The van der Waals surface area contributed by atoms with Crippen LogP contribution in [-0.2, 0) is 9.53 Å². The lowest BCUT2D eigenvalue weighted by Gasteiger charge is -2.09. The predicted molar refractivity (Wildman–Crippen MR) is 35.4 cm³/mol. The molecule has 0 aromatic heterocycles. The maximum Gasteiger partial charge on any atom is 0.390 e. The van der Waals surface area contributed by atoms with E-state index in [2.05, 4.69) is 20.7 Å². The summed E-state index contributed by atoms with van der Waals surface area (Å²) in [5.74, 6) is -0.915. The minimum absolute atomic E-state index is 0.915. The number of halogens is 4. The van der Waals surface area contributed by atoms with Crippen molar-refractivity contribution in [3.05, 3.63) is 0 Å². The second-order valence-electron chi connectivity index (χ2n) is 1.81. The topological polar surface area (TPSA) is 26.3 Å². The number of hydrogen-bond donors (Lipinski definition) is 0. The third kappa shape index (κ3) is 5.06. The maximum atomic E-state index is 11.6. The van der Waals surface area contributed by atoms with Crippen LogP contribution in [0.3, 0.4) is 0 Å². The number of hydrogen-bond acceptors (Lipinski definition) is 2. The third-order valence-electron chi connectivity index (χ3n) is 0.868. The van der Waals surface area contributed by atoms with Gasteiger partial charge in [0.1, 0.15) is 4.83 Å². The summed E-state index contributed by atoms with van der Waals surface area (Å²) in [6.45, 7) is 0. The summed E-state index contributed by atoms with van der Waals surface area (Å²) in [4.78, 5) is 9.12. The van der Waals surface area contributed by atoms with Crippen molar-refractivity contribution >= 4 is 21.9 Å². The Balaban J connectivity index is 3.87. The van der Waals surface area contributed by atoms with Gasteiger partial charge >= 0.3 is 12.1 Å². The molecule has 0 aliphatic carbocycles. The largest absolute Gasteiger partial charge is 0.468 e. The Kier molecular flexibility index (Phi) is 3.85. The summed E-state index contributed by atoms with van der Waals surface area (Å²) >= 11 is 2.54. The van der Waals surface area contributed by atoms with E-state index in [0.717, 1.165) is 7.11 Å². The first-order chi connectivity index (χ1) is 4.87. The first kappa shape index (κ1) is 10.7. The van der Waals surface area contributed by atoms with Crippen LogP contribution >= 0.6 is 15.9 Å².